The highest BCUT2D eigenvalue weighted by molar-refractivity contribution is 6.06. The van der Waals surface area contributed by atoms with Crippen LogP contribution in [0.3, 0.4) is 0 Å². The molecule has 2 atom stereocenters. The molecule has 308 valence electrons. The van der Waals surface area contributed by atoms with Gasteiger partial charge >= 0.3 is 6.03 Å². The van der Waals surface area contributed by atoms with E-state index in [0.29, 0.717) is 30.7 Å². The summed E-state index contributed by atoms with van der Waals surface area (Å²) in [6.45, 7) is 5.71. The van der Waals surface area contributed by atoms with Crippen molar-refractivity contribution in [2.24, 2.45) is 17.5 Å². The Morgan fingerprint density at radius 1 is 0.912 bits per heavy atom. The number of nitrogens with two attached hydrogens (primary N) is 3. The second-order valence-electron chi connectivity index (χ2n) is 13.9. The maximum absolute atomic E-state index is 15.3. The largest absolute Gasteiger partial charge is 0.382 e. The second kappa shape index (κ2) is 20.8. The molecule has 0 saturated heterocycles. The molecule has 2 heterocycles. The van der Waals surface area contributed by atoms with E-state index in [1.807, 2.05) is 24.3 Å². The summed E-state index contributed by atoms with van der Waals surface area (Å²) in [7, 11) is 0. The first-order valence-corrected chi connectivity index (χ1v) is 18.8. The average Bonchev–Trinajstić information content (AvgIpc) is 3.54. The van der Waals surface area contributed by atoms with E-state index in [-0.39, 0.29) is 31.5 Å². The summed E-state index contributed by atoms with van der Waals surface area (Å²) in [6, 6.07) is 6.01. The minimum atomic E-state index is -1.37. The topological polar surface area (TPSA) is 263 Å². The number of imidazole rings is 1. The van der Waals surface area contributed by atoms with Gasteiger partial charge in [-0.1, -0.05) is 45.4 Å². The molecule has 0 radical (unpaired) electrons. The number of unbranched alkanes of at least 4 members (excludes halogenated alkanes) is 2. The summed E-state index contributed by atoms with van der Waals surface area (Å²) in [5, 5.41) is 13.1. The minimum Gasteiger partial charge on any atom is -0.382 e. The summed E-state index contributed by atoms with van der Waals surface area (Å²) >= 11 is 0. The van der Waals surface area contributed by atoms with Crippen molar-refractivity contribution in [3.63, 3.8) is 0 Å². The number of rotatable bonds is 21. The van der Waals surface area contributed by atoms with Crippen LogP contribution < -0.4 is 43.9 Å². The van der Waals surface area contributed by atoms with Gasteiger partial charge in [-0.05, 0) is 56.2 Å². The van der Waals surface area contributed by atoms with Crippen molar-refractivity contribution < 1.29 is 37.6 Å². The lowest BCUT2D eigenvalue weighted by Gasteiger charge is -2.25. The quantitative estimate of drug-likeness (QED) is 0.0452. The molecule has 2 aromatic heterocycles. The Morgan fingerprint density at radius 3 is 2.28 bits per heavy atom. The van der Waals surface area contributed by atoms with Crippen molar-refractivity contribution in [2.75, 3.05) is 30.7 Å². The van der Waals surface area contributed by atoms with Gasteiger partial charge in [-0.3, -0.25) is 24.0 Å². The van der Waals surface area contributed by atoms with Crippen LogP contribution in [0.1, 0.15) is 75.5 Å². The van der Waals surface area contributed by atoms with Crippen LogP contribution in [0.5, 0.6) is 0 Å². The summed E-state index contributed by atoms with van der Waals surface area (Å²) in [4.78, 5) is 76.3. The first-order valence-electron chi connectivity index (χ1n) is 18.8. The van der Waals surface area contributed by atoms with Gasteiger partial charge in [-0.15, -0.1) is 0 Å². The summed E-state index contributed by atoms with van der Waals surface area (Å²) in [5.74, 6) is 0.126. The number of hydrogen-bond donors (Lipinski definition) is 8. The lowest BCUT2D eigenvalue weighted by molar-refractivity contribution is -0.133. The second-order valence-corrected chi connectivity index (χ2v) is 13.9. The van der Waals surface area contributed by atoms with Crippen molar-refractivity contribution >= 4 is 63.1 Å². The number of carbonyl (C=O) groups is 5. The van der Waals surface area contributed by atoms with E-state index >= 15 is 8.78 Å². The molecule has 4 aromatic rings. The molecule has 6 amide bonds. The number of benzene rings is 2. The number of pyridine rings is 1. The number of carbonyl (C=O) groups excluding carboxylic acids is 5. The average molecular weight is 796 g/mol. The van der Waals surface area contributed by atoms with E-state index in [1.54, 1.807) is 13.8 Å². The fraction of sp³-hybridized carbons (Fsp3) is 0.447. The van der Waals surface area contributed by atoms with Crippen LogP contribution in [0, 0.1) is 17.6 Å². The molecule has 17 nitrogen and oxygen atoms in total. The van der Waals surface area contributed by atoms with Crippen molar-refractivity contribution in [3.8, 4) is 0 Å². The highest BCUT2D eigenvalue weighted by Crippen LogP contribution is 2.30. The molecular formula is C38H51F2N11O6. The van der Waals surface area contributed by atoms with Crippen LogP contribution in [-0.2, 0) is 32.2 Å². The number of para-hydroxylation sites is 1. The smallest absolute Gasteiger partial charge is 0.312 e. The van der Waals surface area contributed by atoms with Crippen LogP contribution in [0.4, 0.5) is 25.1 Å². The van der Waals surface area contributed by atoms with Gasteiger partial charge in [0.05, 0.1) is 11.0 Å². The monoisotopic (exact) mass is 795 g/mol. The molecule has 0 bridgehead atoms. The van der Waals surface area contributed by atoms with E-state index in [0.717, 1.165) is 53.6 Å². The third kappa shape index (κ3) is 11.8. The van der Waals surface area contributed by atoms with E-state index in [4.69, 9.17) is 22.3 Å². The number of aryl methyl sites for hydroxylation is 2. The van der Waals surface area contributed by atoms with Crippen molar-refractivity contribution in [2.45, 2.75) is 84.3 Å². The molecule has 11 N–H and O–H groups in total. The lowest BCUT2D eigenvalue weighted by atomic mass is 10.0. The number of amides is 6. The molecule has 0 saturated carbocycles. The van der Waals surface area contributed by atoms with Crippen LogP contribution in [0.15, 0.2) is 36.4 Å². The molecule has 0 aliphatic carbocycles. The normalized spacial score (nSPS) is 12.3. The van der Waals surface area contributed by atoms with Crippen molar-refractivity contribution in [1.82, 2.24) is 35.8 Å². The van der Waals surface area contributed by atoms with E-state index in [1.165, 1.54) is 0 Å². The zero-order chi connectivity index (χ0) is 41.6. The Kier molecular flexibility index (Phi) is 16.0. The van der Waals surface area contributed by atoms with Gasteiger partial charge in [0.25, 0.3) is 5.91 Å². The van der Waals surface area contributed by atoms with Crippen molar-refractivity contribution in [1.29, 1.82) is 0 Å². The summed E-state index contributed by atoms with van der Waals surface area (Å²) < 4.78 is 32.8. The minimum absolute atomic E-state index is 0.0319. The highest BCUT2D eigenvalue weighted by atomic mass is 19.1. The van der Waals surface area contributed by atoms with Gasteiger partial charge in [0.1, 0.15) is 35.7 Å². The maximum Gasteiger partial charge on any atom is 0.312 e. The number of halogens is 2. The molecule has 2 aromatic carbocycles. The standard InChI is InChI=1S/C38H51F2N11O6/c1-4-5-14-28-48-32-33(23-11-6-7-12-26(23)46-34(32)41)51(28)17-9-8-15-44-35(53)22-18-24(39)31(25(40)19-22)50-36(54)27(13-10-16-45-38(42)56)47-37(55)30(21(2)3)49-29(52)20-57-43/h6-7,11-12,18-19,21,27,30H,4-5,8-10,13-17,20,43H2,1-3H3,(H2,41,46)(H,44,53)(H,47,55)(H,49,52)(H,50,54)(H3,42,45,56)/t27-,30-/m0/s1. The zero-order valence-corrected chi connectivity index (χ0v) is 32.3. The van der Waals surface area contributed by atoms with Gasteiger partial charge in [0.2, 0.25) is 17.7 Å². The third-order valence-electron chi connectivity index (χ3n) is 9.17. The summed E-state index contributed by atoms with van der Waals surface area (Å²) in [5.41, 5.74) is 12.6. The molecule has 0 fully saturated rings. The van der Waals surface area contributed by atoms with Crippen molar-refractivity contribution in [3.05, 3.63) is 59.4 Å². The van der Waals surface area contributed by atoms with Crippen LogP contribution in [-0.4, -0.2) is 76.0 Å². The highest BCUT2D eigenvalue weighted by Gasteiger charge is 2.30. The molecule has 0 unspecified atom stereocenters. The van der Waals surface area contributed by atoms with Gasteiger partial charge < -0.3 is 42.6 Å². The molecular weight excluding hydrogens is 744 g/mol. The fourth-order valence-corrected chi connectivity index (χ4v) is 6.28. The number of anilines is 2. The maximum atomic E-state index is 15.3. The molecule has 57 heavy (non-hydrogen) atoms. The first-order chi connectivity index (χ1) is 27.2. The SMILES string of the molecule is CCCCc1nc2c(N)nc3ccccc3c2n1CCCCNC(=O)c1cc(F)c(NC(=O)[C@H](CCCNC(N)=O)NC(=O)[C@@H](NC(=O)CON)C(C)C)c(F)c1. The Balaban J connectivity index is 1.40. The van der Waals surface area contributed by atoms with E-state index in [9.17, 15) is 24.0 Å². The van der Waals surface area contributed by atoms with Crippen LogP contribution in [0.2, 0.25) is 0 Å². The van der Waals surface area contributed by atoms with Gasteiger partial charge in [-0.2, -0.15) is 0 Å². The van der Waals surface area contributed by atoms with Gasteiger partial charge in [0.15, 0.2) is 17.5 Å². The fourth-order valence-electron chi connectivity index (χ4n) is 6.28. The molecule has 4 rings (SSSR count). The van der Waals surface area contributed by atoms with Gasteiger partial charge in [-0.25, -0.2) is 29.4 Å². The number of aromatic nitrogens is 3. The zero-order valence-electron chi connectivity index (χ0n) is 32.3. The Labute approximate surface area is 328 Å². The number of nitrogens with zero attached hydrogens (tertiary/aromatic N) is 3. The number of hydrogen-bond acceptors (Lipinski definition) is 10. The number of primary amides is 1. The van der Waals surface area contributed by atoms with Crippen LogP contribution >= 0.6 is 0 Å². The molecule has 0 aliphatic heterocycles. The third-order valence-corrected chi connectivity index (χ3v) is 9.17. The Bertz CT molecular complexity index is 2050. The number of nitrogens with one attached hydrogen (secondary N) is 5. The molecule has 0 aliphatic rings. The number of nitrogen functional groups attached to an aromatic ring is 1. The summed E-state index contributed by atoms with van der Waals surface area (Å²) in [6.07, 6.45) is 3.93. The van der Waals surface area contributed by atoms with E-state index in [2.05, 4.69) is 47.9 Å². The molecule has 0 spiro atoms. The first kappa shape index (κ1) is 43.8. The predicted octanol–water partition coefficient (Wildman–Crippen LogP) is 2.90. The predicted molar refractivity (Wildman–Crippen MR) is 210 cm³/mol. The number of urea groups is 1. The van der Waals surface area contributed by atoms with E-state index < -0.39 is 71.6 Å². The Hall–Kier alpha value is -5.95. The molecule has 19 heteroatoms. The van der Waals surface area contributed by atoms with Crippen LogP contribution in [0.25, 0.3) is 21.9 Å². The number of fused-ring (bicyclic) bond motifs is 3. The van der Waals surface area contributed by atoms with Gasteiger partial charge in [0, 0.05) is 37.0 Å². The Morgan fingerprint density at radius 2 is 1.61 bits per heavy atom. The lowest BCUT2D eigenvalue weighted by Crippen LogP contribution is -2.55.